The molecule has 0 aliphatic heterocycles. The summed E-state index contributed by atoms with van der Waals surface area (Å²) in [5.74, 6) is 6.55. The molecule has 21 heavy (non-hydrogen) atoms. The number of nitrogens with two attached hydrogens (primary N) is 1. The van der Waals surface area contributed by atoms with Crippen LogP contribution in [0.5, 0.6) is 5.75 Å². The number of rotatable bonds is 7. The Morgan fingerprint density at radius 1 is 1.14 bits per heavy atom. The minimum Gasteiger partial charge on any atom is -0.497 e. The van der Waals surface area contributed by atoms with Crippen molar-refractivity contribution in [1.29, 1.82) is 0 Å². The number of benzene rings is 2. The number of ether oxygens (including phenoxy) is 1. The maximum atomic E-state index is 6.01. The van der Waals surface area contributed by atoms with Crippen LogP contribution in [0.15, 0.2) is 48.5 Å². The Kier molecular flexibility index (Phi) is 6.05. The lowest BCUT2D eigenvalue weighted by atomic mass is 9.99. The molecule has 2 aromatic rings. The van der Waals surface area contributed by atoms with Crippen LogP contribution in [-0.4, -0.2) is 13.2 Å². The summed E-state index contributed by atoms with van der Waals surface area (Å²) in [6.45, 7) is 0. The first-order valence-corrected chi connectivity index (χ1v) is 7.42. The Bertz CT molecular complexity index is 557. The van der Waals surface area contributed by atoms with E-state index in [9.17, 15) is 0 Å². The molecule has 0 fully saturated rings. The zero-order chi connectivity index (χ0) is 15.1. The molecule has 0 heterocycles. The van der Waals surface area contributed by atoms with Gasteiger partial charge in [-0.15, -0.1) is 0 Å². The molecular formula is C17H21ClN2O. The van der Waals surface area contributed by atoms with Crippen LogP contribution in [0.1, 0.15) is 17.5 Å². The molecule has 2 aromatic carbocycles. The lowest BCUT2D eigenvalue weighted by Gasteiger charge is -2.16. The lowest BCUT2D eigenvalue weighted by Crippen LogP contribution is -2.37. The van der Waals surface area contributed by atoms with E-state index in [0.717, 1.165) is 30.0 Å². The smallest absolute Gasteiger partial charge is 0.118 e. The van der Waals surface area contributed by atoms with Gasteiger partial charge in [0.25, 0.3) is 0 Å². The Balaban J connectivity index is 1.89. The molecule has 0 spiro atoms. The average molecular weight is 305 g/mol. The summed E-state index contributed by atoms with van der Waals surface area (Å²) in [5, 5.41) is 0.762. The van der Waals surface area contributed by atoms with Gasteiger partial charge in [-0.3, -0.25) is 11.3 Å². The molecule has 3 N–H and O–H groups in total. The van der Waals surface area contributed by atoms with E-state index in [-0.39, 0.29) is 6.04 Å². The maximum Gasteiger partial charge on any atom is 0.118 e. The van der Waals surface area contributed by atoms with Gasteiger partial charge in [0, 0.05) is 11.1 Å². The monoisotopic (exact) mass is 304 g/mol. The predicted molar refractivity (Wildman–Crippen MR) is 87.6 cm³/mol. The van der Waals surface area contributed by atoms with E-state index in [2.05, 4.69) is 23.6 Å². The molecule has 1 atom stereocenters. The summed E-state index contributed by atoms with van der Waals surface area (Å²) < 4.78 is 5.16. The molecule has 112 valence electrons. The fourth-order valence-corrected chi connectivity index (χ4v) is 2.54. The third-order valence-electron chi connectivity index (χ3n) is 3.55. The predicted octanol–water partition coefficient (Wildman–Crippen LogP) is 3.36. The van der Waals surface area contributed by atoms with Crippen molar-refractivity contribution in [3.8, 4) is 5.75 Å². The Labute approximate surface area is 131 Å². The highest BCUT2D eigenvalue weighted by Gasteiger charge is 2.08. The zero-order valence-electron chi connectivity index (χ0n) is 12.2. The summed E-state index contributed by atoms with van der Waals surface area (Å²) >= 11 is 6.01. The first kappa shape index (κ1) is 15.8. The summed E-state index contributed by atoms with van der Waals surface area (Å²) in [4.78, 5) is 0. The van der Waals surface area contributed by atoms with Gasteiger partial charge in [0.1, 0.15) is 5.75 Å². The average Bonchev–Trinajstić information content (AvgIpc) is 2.52. The van der Waals surface area contributed by atoms with Gasteiger partial charge in [0.2, 0.25) is 0 Å². The molecule has 0 bridgehead atoms. The number of hydrogen-bond donors (Lipinski definition) is 2. The van der Waals surface area contributed by atoms with Gasteiger partial charge in [0.05, 0.1) is 7.11 Å². The summed E-state index contributed by atoms with van der Waals surface area (Å²) in [7, 11) is 1.67. The van der Waals surface area contributed by atoms with Crippen molar-refractivity contribution < 1.29 is 4.74 Å². The van der Waals surface area contributed by atoms with Crippen LogP contribution in [-0.2, 0) is 12.8 Å². The highest BCUT2D eigenvalue weighted by atomic mass is 35.5. The second kappa shape index (κ2) is 8.03. The van der Waals surface area contributed by atoms with Crippen LogP contribution in [0.2, 0.25) is 5.02 Å². The highest BCUT2D eigenvalue weighted by Crippen LogP contribution is 2.16. The van der Waals surface area contributed by atoms with Crippen LogP contribution < -0.4 is 16.0 Å². The van der Waals surface area contributed by atoms with Gasteiger partial charge in [0.15, 0.2) is 0 Å². The third kappa shape index (κ3) is 5.05. The van der Waals surface area contributed by atoms with E-state index < -0.39 is 0 Å². The van der Waals surface area contributed by atoms with Crippen LogP contribution in [0.3, 0.4) is 0 Å². The molecule has 2 rings (SSSR count). The number of methoxy groups -OCH3 is 1. The van der Waals surface area contributed by atoms with Crippen LogP contribution in [0, 0.1) is 0 Å². The molecule has 0 saturated heterocycles. The largest absolute Gasteiger partial charge is 0.497 e. The van der Waals surface area contributed by atoms with Gasteiger partial charge in [-0.05, 0) is 54.7 Å². The Morgan fingerprint density at radius 2 is 1.90 bits per heavy atom. The fraction of sp³-hybridized carbons (Fsp3) is 0.294. The van der Waals surface area contributed by atoms with E-state index in [1.807, 2.05) is 30.3 Å². The fourth-order valence-electron chi connectivity index (χ4n) is 2.33. The number of nitrogens with one attached hydrogen (secondary N) is 1. The van der Waals surface area contributed by atoms with Crippen molar-refractivity contribution in [2.75, 3.05) is 7.11 Å². The molecule has 0 aliphatic carbocycles. The van der Waals surface area contributed by atoms with Gasteiger partial charge in [-0.1, -0.05) is 35.9 Å². The first-order chi connectivity index (χ1) is 10.2. The van der Waals surface area contributed by atoms with Crippen molar-refractivity contribution in [3.63, 3.8) is 0 Å². The molecule has 4 heteroatoms. The molecule has 1 unspecified atom stereocenters. The molecular weight excluding hydrogens is 284 g/mol. The van der Waals surface area contributed by atoms with Crippen molar-refractivity contribution in [1.82, 2.24) is 5.43 Å². The molecule has 0 saturated carbocycles. The summed E-state index contributed by atoms with van der Waals surface area (Å²) in [6, 6.07) is 16.3. The van der Waals surface area contributed by atoms with Gasteiger partial charge >= 0.3 is 0 Å². The first-order valence-electron chi connectivity index (χ1n) is 7.05. The number of halogens is 1. The van der Waals surface area contributed by atoms with Crippen molar-refractivity contribution in [3.05, 3.63) is 64.7 Å². The quantitative estimate of drug-likeness (QED) is 0.609. The minimum absolute atomic E-state index is 0.227. The van der Waals surface area contributed by atoms with Crippen molar-refractivity contribution in [2.45, 2.75) is 25.3 Å². The Hall–Kier alpha value is -1.55. The van der Waals surface area contributed by atoms with E-state index in [1.165, 1.54) is 11.1 Å². The van der Waals surface area contributed by atoms with Crippen LogP contribution >= 0.6 is 11.6 Å². The highest BCUT2D eigenvalue weighted by molar-refractivity contribution is 6.30. The summed E-state index contributed by atoms with van der Waals surface area (Å²) in [6.07, 6.45) is 2.81. The normalized spacial score (nSPS) is 12.1. The minimum atomic E-state index is 0.227. The molecule has 0 aliphatic rings. The van der Waals surface area contributed by atoms with Crippen LogP contribution in [0.25, 0.3) is 0 Å². The second-order valence-electron chi connectivity index (χ2n) is 5.08. The number of hydrogen-bond acceptors (Lipinski definition) is 3. The van der Waals surface area contributed by atoms with E-state index >= 15 is 0 Å². The van der Waals surface area contributed by atoms with Crippen molar-refractivity contribution >= 4 is 11.6 Å². The topological polar surface area (TPSA) is 47.3 Å². The third-order valence-corrected chi connectivity index (χ3v) is 3.78. The standard InChI is InChI=1S/C17H21ClN2O/c1-21-17-9-6-13(7-10-17)5-8-16(20-19)12-14-3-2-4-15(18)11-14/h2-4,6-7,9-11,16,20H,5,8,12,19H2,1H3. The van der Waals surface area contributed by atoms with Crippen molar-refractivity contribution in [2.24, 2.45) is 5.84 Å². The van der Waals surface area contributed by atoms with E-state index in [0.29, 0.717) is 0 Å². The number of hydrazine groups is 1. The van der Waals surface area contributed by atoms with Crippen LogP contribution in [0.4, 0.5) is 0 Å². The molecule has 0 amide bonds. The maximum absolute atomic E-state index is 6.01. The molecule has 0 radical (unpaired) electrons. The lowest BCUT2D eigenvalue weighted by molar-refractivity contribution is 0.414. The Morgan fingerprint density at radius 3 is 2.52 bits per heavy atom. The second-order valence-corrected chi connectivity index (χ2v) is 5.52. The SMILES string of the molecule is COc1ccc(CCC(Cc2cccc(Cl)c2)NN)cc1. The van der Waals surface area contributed by atoms with Gasteiger partial charge in [-0.2, -0.15) is 0 Å². The van der Waals surface area contributed by atoms with E-state index in [4.69, 9.17) is 22.2 Å². The van der Waals surface area contributed by atoms with E-state index in [1.54, 1.807) is 7.11 Å². The molecule has 3 nitrogen and oxygen atoms in total. The number of aryl methyl sites for hydroxylation is 1. The van der Waals surface area contributed by atoms with Gasteiger partial charge < -0.3 is 4.74 Å². The van der Waals surface area contributed by atoms with Gasteiger partial charge in [-0.25, -0.2) is 0 Å². The molecule has 0 aromatic heterocycles. The summed E-state index contributed by atoms with van der Waals surface area (Å²) in [5.41, 5.74) is 5.37. The zero-order valence-corrected chi connectivity index (χ0v) is 12.9.